The summed E-state index contributed by atoms with van der Waals surface area (Å²) in [5.41, 5.74) is 12.2. The Kier molecular flexibility index (Phi) is 11.3. The lowest BCUT2D eigenvalue weighted by Crippen LogP contribution is -2.35. The molecule has 0 saturated carbocycles. The molecule has 36 heavy (non-hydrogen) atoms. The number of anilines is 1. The van der Waals surface area contributed by atoms with Crippen LogP contribution in [0.1, 0.15) is 25.5 Å². The minimum atomic E-state index is -4.27. The van der Waals surface area contributed by atoms with E-state index in [1.54, 1.807) is 4.57 Å². The number of nitrogens with zero attached hydrogens (tertiary/aromatic N) is 4. The zero-order valence-electron chi connectivity index (χ0n) is 19.6. The first-order valence-electron chi connectivity index (χ1n) is 10.9. The van der Waals surface area contributed by atoms with Crippen LogP contribution in [-0.2, 0) is 35.9 Å². The van der Waals surface area contributed by atoms with Gasteiger partial charge in [0.15, 0.2) is 17.7 Å². The first-order valence-corrected chi connectivity index (χ1v) is 16.0. The van der Waals surface area contributed by atoms with Crippen LogP contribution in [0.3, 0.4) is 0 Å². The van der Waals surface area contributed by atoms with Gasteiger partial charge in [0.1, 0.15) is 41.7 Å². The second-order valence-electron chi connectivity index (χ2n) is 8.18. The van der Waals surface area contributed by atoms with Gasteiger partial charge in [-0.2, -0.15) is 8.42 Å². The van der Waals surface area contributed by atoms with Gasteiger partial charge in [-0.05, 0) is 30.3 Å². The van der Waals surface area contributed by atoms with E-state index in [-0.39, 0.29) is 29.6 Å². The van der Waals surface area contributed by atoms with Gasteiger partial charge in [-0.3, -0.25) is 9.12 Å². The molecular formula is C18H32N6O9S3. The van der Waals surface area contributed by atoms with Crippen LogP contribution in [-0.4, -0.2) is 110 Å². The van der Waals surface area contributed by atoms with Gasteiger partial charge in [0.2, 0.25) is 0 Å². The summed E-state index contributed by atoms with van der Waals surface area (Å²) in [5.74, 6) is 0.825. The molecule has 5 atom stereocenters. The molecule has 2 aromatic rings. The number of ether oxygens (including phenoxy) is 1. The standard InChI is InChI=1S/C14H23N6O3S.C4H10O6S2/c1-24(4-2-3-15)5-8-10(21)11(22)14(23-8)20-7-19-9-12(16)17-6-18-13(9)20;5-11(6,7)3-1-2-4-12(8,9)10/h6-8,10-11,14,21-22H,2-5,15H2,1H3,(H2,16,17,18);1-4H2,(H,5,6,7)(H,8,9,10)/q+1;/p-1/t8-,10+,11+,14-,24?;/m1./s1. The molecule has 0 aromatic carbocycles. The normalized spacial score (nSPS) is 23.4. The highest BCUT2D eigenvalue weighted by atomic mass is 32.2. The topological polar surface area (TPSA) is 257 Å². The second kappa shape index (κ2) is 13.2. The second-order valence-corrected chi connectivity index (χ2v) is 13.6. The summed E-state index contributed by atoms with van der Waals surface area (Å²) in [4.78, 5) is 12.2. The highest BCUT2D eigenvalue weighted by Gasteiger charge is 2.46. The van der Waals surface area contributed by atoms with Gasteiger partial charge >= 0.3 is 0 Å². The minimum absolute atomic E-state index is 0.0275. The van der Waals surface area contributed by atoms with E-state index in [2.05, 4.69) is 21.2 Å². The van der Waals surface area contributed by atoms with Crippen LogP contribution in [0.15, 0.2) is 12.7 Å². The molecule has 206 valence electrons. The van der Waals surface area contributed by atoms with Crippen LogP contribution in [0, 0.1) is 0 Å². The Morgan fingerprint density at radius 2 is 1.78 bits per heavy atom. The van der Waals surface area contributed by atoms with Crippen LogP contribution in [0.4, 0.5) is 5.82 Å². The van der Waals surface area contributed by atoms with Crippen molar-refractivity contribution in [3.8, 4) is 0 Å². The van der Waals surface area contributed by atoms with Gasteiger partial charge in [-0.15, -0.1) is 0 Å². The maximum atomic E-state index is 10.4. The average molecular weight is 573 g/mol. The first-order chi connectivity index (χ1) is 16.7. The molecule has 15 nitrogen and oxygen atoms in total. The largest absolute Gasteiger partial charge is 0.748 e. The molecule has 18 heteroatoms. The summed E-state index contributed by atoms with van der Waals surface area (Å²) in [5, 5.41) is 20.7. The third kappa shape index (κ3) is 9.34. The molecule has 0 amide bonds. The van der Waals surface area contributed by atoms with Crippen molar-refractivity contribution in [3.05, 3.63) is 12.7 Å². The fourth-order valence-corrected chi connectivity index (χ4v) is 6.20. The fourth-order valence-electron chi connectivity index (χ4n) is 3.41. The zero-order chi connectivity index (χ0) is 27.1. The van der Waals surface area contributed by atoms with Gasteiger partial charge in [-0.1, -0.05) is 0 Å². The molecule has 3 heterocycles. The van der Waals surface area contributed by atoms with Gasteiger partial charge < -0.3 is 31.0 Å². The van der Waals surface area contributed by atoms with Crippen molar-refractivity contribution in [2.24, 2.45) is 5.73 Å². The van der Waals surface area contributed by atoms with Crippen molar-refractivity contribution in [2.45, 2.75) is 43.8 Å². The lowest BCUT2D eigenvalue weighted by Gasteiger charge is -2.16. The molecule has 1 aliphatic rings. The van der Waals surface area contributed by atoms with Gasteiger partial charge in [0.05, 0.1) is 28.5 Å². The highest BCUT2D eigenvalue weighted by Crippen LogP contribution is 2.32. The molecule has 2 aromatic heterocycles. The lowest BCUT2D eigenvalue weighted by molar-refractivity contribution is -0.0290. The SMILES string of the molecule is C[S+](CCCN)C[C@H]1O[C@@H](n2cnc3c(N)ncnc32)[C@@H](O)[C@H]1O.O=S(=O)([O-])CCCCS(=O)(=O)O. The van der Waals surface area contributed by atoms with E-state index in [1.807, 2.05) is 0 Å². The summed E-state index contributed by atoms with van der Waals surface area (Å²) in [6, 6.07) is 0. The maximum Gasteiger partial charge on any atom is 0.264 e. The van der Waals surface area contributed by atoms with Crippen LogP contribution in [0.5, 0.6) is 0 Å². The number of aliphatic hydroxyl groups is 2. The molecule has 0 bridgehead atoms. The molecule has 1 fully saturated rings. The average Bonchev–Trinajstić information content (AvgIpc) is 3.32. The maximum absolute atomic E-state index is 10.4. The molecule has 0 spiro atoms. The van der Waals surface area contributed by atoms with E-state index in [4.69, 9.17) is 20.8 Å². The van der Waals surface area contributed by atoms with Crippen LogP contribution in [0.2, 0.25) is 0 Å². The Labute approximate surface area is 212 Å². The van der Waals surface area contributed by atoms with Gasteiger partial charge in [-0.25, -0.2) is 23.4 Å². The van der Waals surface area contributed by atoms with Crippen LogP contribution >= 0.6 is 0 Å². The monoisotopic (exact) mass is 572 g/mol. The van der Waals surface area contributed by atoms with Crippen molar-refractivity contribution in [1.29, 1.82) is 0 Å². The molecule has 7 N–H and O–H groups in total. The van der Waals surface area contributed by atoms with E-state index in [9.17, 15) is 31.6 Å². The van der Waals surface area contributed by atoms with Crippen LogP contribution in [0.25, 0.3) is 11.2 Å². The van der Waals surface area contributed by atoms with Crippen molar-refractivity contribution >= 4 is 48.1 Å². The molecule has 1 aliphatic heterocycles. The number of hydrogen-bond donors (Lipinski definition) is 5. The smallest absolute Gasteiger partial charge is 0.264 e. The van der Waals surface area contributed by atoms with Crippen molar-refractivity contribution < 1.29 is 40.9 Å². The number of fused-ring (bicyclic) bond motifs is 1. The number of aliphatic hydroxyl groups excluding tert-OH is 2. The van der Waals surface area contributed by atoms with Crippen molar-refractivity contribution in [3.63, 3.8) is 0 Å². The number of nitrogen functional groups attached to an aromatic ring is 1. The Bertz CT molecular complexity index is 1160. The summed E-state index contributed by atoms with van der Waals surface area (Å²) in [7, 11) is -8.24. The lowest BCUT2D eigenvalue weighted by atomic mass is 10.1. The van der Waals surface area contributed by atoms with Gasteiger partial charge in [0.25, 0.3) is 10.1 Å². The number of aromatic nitrogens is 4. The molecule has 0 radical (unpaired) electrons. The molecule has 3 rings (SSSR count). The highest BCUT2D eigenvalue weighted by molar-refractivity contribution is 7.96. The number of unbranched alkanes of at least 4 members (excludes halogenated alkanes) is 1. The number of nitrogens with two attached hydrogens (primary N) is 2. The summed E-state index contributed by atoms with van der Waals surface area (Å²) in [6.45, 7) is 0.652. The third-order valence-electron chi connectivity index (χ3n) is 5.19. The summed E-state index contributed by atoms with van der Waals surface area (Å²) in [6.07, 6.45) is 2.60. The molecular weight excluding hydrogens is 540 g/mol. The summed E-state index contributed by atoms with van der Waals surface area (Å²) < 4.78 is 65.8. The Hall–Kier alpha value is -1.64. The van der Waals surface area contributed by atoms with E-state index in [0.717, 1.165) is 12.2 Å². The zero-order valence-corrected chi connectivity index (χ0v) is 22.0. The van der Waals surface area contributed by atoms with Crippen LogP contribution < -0.4 is 11.5 Å². The Morgan fingerprint density at radius 3 is 2.39 bits per heavy atom. The Morgan fingerprint density at radius 1 is 1.11 bits per heavy atom. The Balaban J connectivity index is 0.000000324. The van der Waals surface area contributed by atoms with Crippen molar-refractivity contribution in [1.82, 2.24) is 19.5 Å². The third-order valence-corrected chi connectivity index (χ3v) is 8.67. The van der Waals surface area contributed by atoms with E-state index in [1.165, 1.54) is 12.7 Å². The molecule has 0 aliphatic carbocycles. The molecule has 1 unspecified atom stereocenters. The number of hydrogen-bond acceptors (Lipinski definition) is 13. The van der Waals surface area contributed by atoms with E-state index >= 15 is 0 Å². The first kappa shape index (κ1) is 30.6. The summed E-state index contributed by atoms with van der Waals surface area (Å²) >= 11 is 0. The predicted octanol–water partition coefficient (Wildman–Crippen LogP) is -2.18. The van der Waals surface area contributed by atoms with Gasteiger partial charge in [0, 0.05) is 12.2 Å². The number of rotatable bonds is 11. The predicted molar refractivity (Wildman–Crippen MR) is 133 cm³/mol. The molecule has 1 saturated heterocycles. The van der Waals surface area contributed by atoms with Crippen molar-refractivity contribution in [2.75, 3.05) is 41.5 Å². The number of imidazole rings is 1. The van der Waals surface area contributed by atoms with E-state index < -0.39 is 56.3 Å². The minimum Gasteiger partial charge on any atom is -0.748 e. The van der Waals surface area contributed by atoms with E-state index in [0.29, 0.717) is 23.5 Å². The fraction of sp³-hybridized carbons (Fsp3) is 0.722. The quantitative estimate of drug-likeness (QED) is 0.109.